The zero-order valence-electron chi connectivity index (χ0n) is 23.9. The van der Waals surface area contributed by atoms with Crippen molar-refractivity contribution in [3.05, 3.63) is 56.1 Å². The fourth-order valence-electron chi connectivity index (χ4n) is 4.47. The molecule has 0 radical (unpaired) electrons. The van der Waals surface area contributed by atoms with Crippen molar-refractivity contribution < 1.29 is 14.2 Å². The highest BCUT2D eigenvalue weighted by Gasteiger charge is 2.25. The Morgan fingerprint density at radius 2 is 1.42 bits per heavy atom. The van der Waals surface area contributed by atoms with Crippen LogP contribution in [0.4, 0.5) is 5.69 Å². The highest BCUT2D eigenvalue weighted by molar-refractivity contribution is 5.95. The molecule has 0 aliphatic heterocycles. The number of nitro groups is 1. The van der Waals surface area contributed by atoms with Gasteiger partial charge in [0.1, 0.15) is 5.76 Å². The normalized spacial score (nSPS) is 11.6. The van der Waals surface area contributed by atoms with E-state index in [1.807, 2.05) is 20.8 Å². The van der Waals surface area contributed by atoms with Gasteiger partial charge in [-0.05, 0) is 18.6 Å². The second-order valence-electron chi connectivity index (χ2n) is 11.3. The highest BCUT2D eigenvalue weighted by Crippen LogP contribution is 2.27. The summed E-state index contributed by atoms with van der Waals surface area (Å²) in [5.41, 5.74) is -1.09. The van der Waals surface area contributed by atoms with Gasteiger partial charge in [-0.2, -0.15) is 0 Å². The van der Waals surface area contributed by atoms with Crippen molar-refractivity contribution in [3.8, 4) is 5.69 Å². The first-order valence-electron chi connectivity index (χ1n) is 14.5. The Morgan fingerprint density at radius 3 is 1.89 bits per heavy atom. The van der Waals surface area contributed by atoms with Crippen LogP contribution in [-0.4, -0.2) is 22.1 Å². The molecule has 38 heavy (non-hydrogen) atoms. The first-order valence-corrected chi connectivity index (χ1v) is 14.5. The number of amides is 1. The zero-order chi connectivity index (χ0) is 28.0. The molecule has 8 nitrogen and oxygen atoms in total. The number of aromatic nitrogens is 1. The maximum Gasteiger partial charge on any atom is 0.297 e. The minimum Gasteiger partial charge on any atom is -0.375 e. The van der Waals surface area contributed by atoms with E-state index in [0.717, 1.165) is 24.0 Å². The molecule has 1 aromatic heterocycles. The standard InChI is InChI=1S/C30H47N3O5/c1-5-6-7-8-9-10-11-12-13-14-15-16-17-18-21-31-29(35)24-19-20-25(26(22-24)33(36)37)32-28(34)23-27(38-32)30(2,3)4/h19-20,22-23H,5-18,21H2,1-4H3,(H,31,35). The van der Waals surface area contributed by atoms with Gasteiger partial charge in [0.05, 0.1) is 4.92 Å². The molecule has 2 aromatic rings. The van der Waals surface area contributed by atoms with Gasteiger partial charge in [0, 0.05) is 29.7 Å². The van der Waals surface area contributed by atoms with Crippen LogP contribution in [0.1, 0.15) is 134 Å². The minimum absolute atomic E-state index is 0.000904. The molecular formula is C30H47N3O5. The molecule has 1 N–H and O–H groups in total. The van der Waals surface area contributed by atoms with Crippen molar-refractivity contribution >= 4 is 11.6 Å². The van der Waals surface area contributed by atoms with E-state index in [0.29, 0.717) is 12.3 Å². The summed E-state index contributed by atoms with van der Waals surface area (Å²) >= 11 is 0. The van der Waals surface area contributed by atoms with Crippen molar-refractivity contribution in [3.63, 3.8) is 0 Å². The fraction of sp³-hybridized carbons (Fsp3) is 0.667. The zero-order valence-corrected chi connectivity index (χ0v) is 23.9. The quantitative estimate of drug-likeness (QED) is 0.120. The first kappa shape index (κ1) is 31.3. The SMILES string of the molecule is CCCCCCCCCCCCCCCCNC(=O)c1ccc(-n2oc(C(C)(C)C)cc2=O)c([N+](=O)[O-])c1. The lowest BCUT2D eigenvalue weighted by molar-refractivity contribution is -0.384. The predicted molar refractivity (Wildman–Crippen MR) is 152 cm³/mol. The molecule has 1 aromatic carbocycles. The third kappa shape index (κ3) is 10.5. The van der Waals surface area contributed by atoms with Crippen molar-refractivity contribution in [2.24, 2.45) is 0 Å². The van der Waals surface area contributed by atoms with E-state index in [1.165, 1.54) is 94.9 Å². The second kappa shape index (κ2) is 16.1. The summed E-state index contributed by atoms with van der Waals surface area (Å²) in [5.74, 6) is 0.0586. The van der Waals surface area contributed by atoms with Gasteiger partial charge >= 0.3 is 0 Å². The van der Waals surface area contributed by atoms with E-state index in [9.17, 15) is 19.7 Å². The summed E-state index contributed by atoms with van der Waals surface area (Å²) in [6.45, 7) is 8.43. The van der Waals surface area contributed by atoms with Gasteiger partial charge in [-0.25, -0.2) is 0 Å². The van der Waals surface area contributed by atoms with E-state index in [4.69, 9.17) is 4.52 Å². The molecule has 0 saturated carbocycles. The van der Waals surface area contributed by atoms with Gasteiger partial charge < -0.3 is 9.84 Å². The molecule has 1 amide bonds. The number of hydrogen-bond donors (Lipinski definition) is 1. The van der Waals surface area contributed by atoms with Crippen LogP contribution in [0.5, 0.6) is 0 Å². The molecule has 0 aliphatic carbocycles. The number of nitrogens with one attached hydrogen (secondary N) is 1. The van der Waals surface area contributed by atoms with Crippen LogP contribution in [0.25, 0.3) is 5.69 Å². The van der Waals surface area contributed by atoms with Gasteiger partial charge in [-0.15, -0.1) is 4.74 Å². The smallest absolute Gasteiger partial charge is 0.297 e. The average molecular weight is 530 g/mol. The van der Waals surface area contributed by atoms with Crippen LogP contribution in [-0.2, 0) is 5.41 Å². The fourth-order valence-corrected chi connectivity index (χ4v) is 4.47. The maximum atomic E-state index is 12.6. The number of carbonyl (C=O) groups is 1. The van der Waals surface area contributed by atoms with E-state index < -0.39 is 15.9 Å². The van der Waals surface area contributed by atoms with E-state index in [1.54, 1.807) is 0 Å². The van der Waals surface area contributed by atoms with Crippen LogP contribution >= 0.6 is 0 Å². The predicted octanol–water partition coefficient (Wildman–Crippen LogP) is 7.85. The minimum atomic E-state index is -0.606. The lowest BCUT2D eigenvalue weighted by atomic mass is 9.94. The van der Waals surface area contributed by atoms with Crippen LogP contribution in [0, 0.1) is 10.1 Å². The molecule has 1 heterocycles. The van der Waals surface area contributed by atoms with Gasteiger partial charge in [0.2, 0.25) is 0 Å². The van der Waals surface area contributed by atoms with Crippen molar-refractivity contribution in [2.45, 2.75) is 123 Å². The van der Waals surface area contributed by atoms with Crippen LogP contribution in [0.15, 0.2) is 33.6 Å². The topological polar surface area (TPSA) is 107 Å². The summed E-state index contributed by atoms with van der Waals surface area (Å²) in [6, 6.07) is 5.40. The van der Waals surface area contributed by atoms with Gasteiger partial charge in [0.25, 0.3) is 17.2 Å². The van der Waals surface area contributed by atoms with Gasteiger partial charge in [-0.1, -0.05) is 111 Å². The van der Waals surface area contributed by atoms with Crippen molar-refractivity contribution in [1.29, 1.82) is 0 Å². The van der Waals surface area contributed by atoms with Crippen LogP contribution in [0.2, 0.25) is 0 Å². The first-order chi connectivity index (χ1) is 18.1. The number of hydrogen-bond acceptors (Lipinski definition) is 5. The number of nitro benzene ring substituents is 1. The molecule has 0 spiro atoms. The maximum absolute atomic E-state index is 12.6. The third-order valence-corrected chi connectivity index (χ3v) is 6.85. The Labute approximate surface area is 227 Å². The second-order valence-corrected chi connectivity index (χ2v) is 11.3. The summed E-state index contributed by atoms with van der Waals surface area (Å²) in [6.07, 6.45) is 17.8. The van der Waals surface area contributed by atoms with Crippen molar-refractivity contribution in [1.82, 2.24) is 10.1 Å². The number of rotatable bonds is 18. The molecular weight excluding hydrogens is 482 g/mol. The average Bonchev–Trinajstić information content (AvgIpc) is 3.27. The summed E-state index contributed by atoms with van der Waals surface area (Å²) in [7, 11) is 0. The van der Waals surface area contributed by atoms with Gasteiger partial charge in [0.15, 0.2) is 5.69 Å². The van der Waals surface area contributed by atoms with E-state index in [-0.39, 0.29) is 22.8 Å². The molecule has 0 aliphatic rings. The molecule has 0 bridgehead atoms. The molecule has 2 rings (SSSR count). The number of carbonyl (C=O) groups excluding carboxylic acids is 1. The van der Waals surface area contributed by atoms with E-state index >= 15 is 0 Å². The lowest BCUT2D eigenvalue weighted by Crippen LogP contribution is -2.24. The summed E-state index contributed by atoms with van der Waals surface area (Å²) in [4.78, 5) is 36.1. The van der Waals surface area contributed by atoms with E-state index in [2.05, 4.69) is 12.2 Å². The number of unbranched alkanes of at least 4 members (excludes halogenated alkanes) is 13. The van der Waals surface area contributed by atoms with Crippen LogP contribution < -0.4 is 10.9 Å². The Kier molecular flexibility index (Phi) is 13.3. The third-order valence-electron chi connectivity index (χ3n) is 6.85. The summed E-state index contributed by atoms with van der Waals surface area (Å²) in [5, 5.41) is 14.6. The Morgan fingerprint density at radius 1 is 0.895 bits per heavy atom. The highest BCUT2D eigenvalue weighted by atomic mass is 16.6. The number of nitrogens with zero attached hydrogens (tertiary/aromatic N) is 2. The monoisotopic (exact) mass is 529 g/mol. The number of benzene rings is 1. The lowest BCUT2D eigenvalue weighted by Gasteiger charge is -2.13. The Bertz CT molecular complexity index is 1060. The molecule has 8 heteroatoms. The largest absolute Gasteiger partial charge is 0.375 e. The van der Waals surface area contributed by atoms with Crippen LogP contribution in [0.3, 0.4) is 0 Å². The Balaban J connectivity index is 1.71. The molecule has 0 fully saturated rings. The molecule has 0 unspecified atom stereocenters. The molecule has 212 valence electrons. The van der Waals surface area contributed by atoms with Gasteiger partial charge in [-0.3, -0.25) is 19.7 Å². The Hall–Kier alpha value is -2.90. The van der Waals surface area contributed by atoms with Crippen molar-refractivity contribution in [2.75, 3.05) is 6.54 Å². The summed E-state index contributed by atoms with van der Waals surface area (Å²) < 4.78 is 6.53. The molecule has 0 atom stereocenters. The molecule has 0 saturated heterocycles.